The Kier molecular flexibility index (Phi) is 4.15. The Morgan fingerprint density at radius 2 is 2.12 bits per heavy atom. The van der Waals surface area contributed by atoms with Gasteiger partial charge >= 0.3 is 0 Å². The van der Waals surface area contributed by atoms with Crippen LogP contribution in [0.4, 0.5) is 10.3 Å². The number of nitrogens with zero attached hydrogens (tertiary/aromatic N) is 4. The second-order valence-electron chi connectivity index (χ2n) is 6.47. The third-order valence-electron chi connectivity index (χ3n) is 3.90. The van der Waals surface area contributed by atoms with Gasteiger partial charge in [-0.2, -0.15) is 4.98 Å². The summed E-state index contributed by atoms with van der Waals surface area (Å²) in [6, 6.07) is 1.70. The smallest absolute Gasteiger partial charge is 0.222 e. The number of aliphatic hydroxyl groups is 1. The van der Waals surface area contributed by atoms with E-state index in [0.717, 1.165) is 17.1 Å². The monoisotopic (exact) mass is 339 g/mol. The molecule has 0 radical (unpaired) electrons. The van der Waals surface area contributed by atoms with Crippen molar-refractivity contribution in [3.63, 3.8) is 0 Å². The number of hydrogen-bond donors (Lipinski definition) is 2. The van der Waals surface area contributed by atoms with Gasteiger partial charge in [0.2, 0.25) is 5.95 Å². The molecule has 0 unspecified atom stereocenters. The van der Waals surface area contributed by atoms with Crippen LogP contribution >= 0.6 is 0 Å². The van der Waals surface area contributed by atoms with Crippen molar-refractivity contribution in [3.8, 4) is 18.2 Å². The first-order chi connectivity index (χ1) is 11.8. The molecule has 3 rings (SSSR count). The minimum atomic E-state index is -0.814. The number of halogens is 1. The summed E-state index contributed by atoms with van der Waals surface area (Å²) in [5, 5.41) is 10.8. The van der Waals surface area contributed by atoms with Gasteiger partial charge in [-0.3, -0.25) is 4.57 Å². The number of nitrogen functional groups attached to an aromatic ring is 1. The van der Waals surface area contributed by atoms with Gasteiger partial charge in [-0.25, -0.2) is 14.4 Å². The Morgan fingerprint density at radius 3 is 2.80 bits per heavy atom. The van der Waals surface area contributed by atoms with Crippen LogP contribution in [-0.4, -0.2) is 30.2 Å². The summed E-state index contributed by atoms with van der Waals surface area (Å²) in [5.74, 6) is 1.89. The number of anilines is 1. The van der Waals surface area contributed by atoms with Gasteiger partial charge in [0.15, 0.2) is 11.6 Å². The van der Waals surface area contributed by atoms with Gasteiger partial charge < -0.3 is 10.8 Å². The molecule has 3 heterocycles. The molecule has 0 aliphatic carbocycles. The van der Waals surface area contributed by atoms with Crippen LogP contribution < -0.4 is 5.73 Å². The van der Waals surface area contributed by atoms with E-state index in [2.05, 4.69) is 20.9 Å². The zero-order valence-corrected chi connectivity index (χ0v) is 14.0. The summed E-state index contributed by atoms with van der Waals surface area (Å²) < 4.78 is 15.8. The zero-order valence-electron chi connectivity index (χ0n) is 14.0. The molecule has 128 valence electrons. The topological polar surface area (TPSA) is 89.9 Å². The largest absolute Gasteiger partial charge is 0.390 e. The molecule has 0 aliphatic heterocycles. The Balaban J connectivity index is 2.20. The lowest BCUT2D eigenvalue weighted by Gasteiger charge is -2.16. The molecule has 3 aromatic rings. The van der Waals surface area contributed by atoms with Crippen molar-refractivity contribution in [1.82, 2.24) is 19.5 Å². The zero-order chi connectivity index (χ0) is 18.2. The van der Waals surface area contributed by atoms with Crippen LogP contribution in [0.25, 0.3) is 16.7 Å². The number of nitrogens with two attached hydrogens (primary N) is 1. The Bertz CT molecular complexity index is 982. The molecule has 0 spiro atoms. The molecule has 7 heteroatoms. The van der Waals surface area contributed by atoms with Gasteiger partial charge in [-0.15, -0.1) is 6.42 Å². The van der Waals surface area contributed by atoms with Crippen molar-refractivity contribution >= 4 is 16.9 Å². The predicted octanol–water partition coefficient (Wildman–Crippen LogP) is 2.22. The van der Waals surface area contributed by atoms with Crippen molar-refractivity contribution in [2.24, 2.45) is 0 Å². The molecule has 3 N–H and O–H groups in total. The van der Waals surface area contributed by atoms with Crippen molar-refractivity contribution in [3.05, 3.63) is 41.7 Å². The summed E-state index contributed by atoms with van der Waals surface area (Å²) in [6.07, 6.45) is 11.0. The van der Waals surface area contributed by atoms with Gasteiger partial charge in [0.05, 0.1) is 17.3 Å². The Labute approximate surface area is 144 Å². The summed E-state index contributed by atoms with van der Waals surface area (Å²) in [7, 11) is 0. The molecule has 0 aliphatic rings. The summed E-state index contributed by atoms with van der Waals surface area (Å²) >= 11 is 0. The van der Waals surface area contributed by atoms with E-state index in [1.807, 2.05) is 0 Å². The van der Waals surface area contributed by atoms with Gasteiger partial charge in [0.25, 0.3) is 0 Å². The van der Waals surface area contributed by atoms with E-state index in [-0.39, 0.29) is 11.8 Å². The quantitative estimate of drug-likeness (QED) is 0.712. The lowest BCUT2D eigenvalue weighted by Crippen LogP contribution is -2.19. The molecular formula is C18H18FN5O. The number of pyridine rings is 1. The van der Waals surface area contributed by atoms with Gasteiger partial charge in [0.1, 0.15) is 5.69 Å². The molecule has 0 saturated carbocycles. The summed E-state index contributed by atoms with van der Waals surface area (Å²) in [6.45, 7) is 3.48. The van der Waals surface area contributed by atoms with Crippen LogP contribution in [0, 0.1) is 18.2 Å². The van der Waals surface area contributed by atoms with E-state index < -0.39 is 11.4 Å². The highest BCUT2D eigenvalue weighted by molar-refractivity contribution is 5.85. The number of terminal acetylenes is 1. The first kappa shape index (κ1) is 16.9. The standard InChI is InChI=1S/C18H18FN5O/c1-4-12-7-15-13(8-21-12)11(5-6-18(2,3)25)10-24(15)16-14(19)9-22-17(20)23-16/h1,7-10,25H,5-6H2,2-3H3,(H2,20,22,23). The highest BCUT2D eigenvalue weighted by atomic mass is 19.1. The fourth-order valence-corrected chi connectivity index (χ4v) is 2.62. The lowest BCUT2D eigenvalue weighted by molar-refractivity contribution is 0.0715. The predicted molar refractivity (Wildman–Crippen MR) is 93.6 cm³/mol. The fourth-order valence-electron chi connectivity index (χ4n) is 2.62. The van der Waals surface area contributed by atoms with Crippen molar-refractivity contribution in [1.29, 1.82) is 0 Å². The fraction of sp³-hybridized carbons (Fsp3) is 0.278. The molecule has 0 amide bonds. The number of rotatable bonds is 4. The third kappa shape index (κ3) is 3.44. The van der Waals surface area contributed by atoms with Crippen LogP contribution in [-0.2, 0) is 6.42 Å². The van der Waals surface area contributed by atoms with Gasteiger partial charge in [-0.1, -0.05) is 5.92 Å². The second kappa shape index (κ2) is 6.15. The number of hydrogen-bond acceptors (Lipinski definition) is 5. The average molecular weight is 339 g/mol. The molecule has 6 nitrogen and oxygen atoms in total. The molecular weight excluding hydrogens is 321 g/mol. The summed E-state index contributed by atoms with van der Waals surface area (Å²) in [5.41, 5.74) is 6.81. The maximum absolute atomic E-state index is 14.3. The molecule has 0 aromatic carbocycles. The normalized spacial score (nSPS) is 11.6. The van der Waals surface area contributed by atoms with Crippen LogP contribution in [0.2, 0.25) is 0 Å². The Hall–Kier alpha value is -2.98. The number of fused-ring (bicyclic) bond motifs is 1. The van der Waals surface area contributed by atoms with Crippen LogP contribution in [0.3, 0.4) is 0 Å². The second-order valence-corrected chi connectivity index (χ2v) is 6.47. The van der Waals surface area contributed by atoms with Gasteiger partial charge in [-0.05, 0) is 38.3 Å². The highest BCUT2D eigenvalue weighted by Gasteiger charge is 2.18. The van der Waals surface area contributed by atoms with E-state index in [1.165, 1.54) is 0 Å². The van der Waals surface area contributed by atoms with Gasteiger partial charge in [0, 0.05) is 17.8 Å². The first-order valence-corrected chi connectivity index (χ1v) is 7.76. The SMILES string of the molecule is C#Cc1cc2c(cn1)c(CCC(C)(C)O)cn2-c1nc(N)ncc1F. The van der Waals surface area contributed by atoms with Crippen LogP contribution in [0.1, 0.15) is 31.5 Å². The van der Waals surface area contributed by atoms with Crippen LogP contribution in [0.15, 0.2) is 24.7 Å². The molecule has 0 bridgehead atoms. The van der Waals surface area contributed by atoms with E-state index in [4.69, 9.17) is 12.2 Å². The van der Waals surface area contributed by atoms with E-state index in [1.54, 1.807) is 36.9 Å². The molecule has 0 atom stereocenters. The van der Waals surface area contributed by atoms with Crippen molar-refractivity contribution < 1.29 is 9.50 Å². The maximum atomic E-state index is 14.3. The number of aryl methyl sites for hydroxylation is 1. The van der Waals surface area contributed by atoms with Crippen LogP contribution in [0.5, 0.6) is 0 Å². The summed E-state index contributed by atoms with van der Waals surface area (Å²) in [4.78, 5) is 11.9. The van der Waals surface area contributed by atoms with E-state index in [9.17, 15) is 9.50 Å². The minimum absolute atomic E-state index is 0.0254. The van der Waals surface area contributed by atoms with Crippen molar-refractivity contribution in [2.75, 3.05) is 5.73 Å². The molecule has 25 heavy (non-hydrogen) atoms. The minimum Gasteiger partial charge on any atom is -0.390 e. The highest BCUT2D eigenvalue weighted by Crippen LogP contribution is 2.27. The number of aromatic nitrogens is 4. The first-order valence-electron chi connectivity index (χ1n) is 7.76. The molecule has 3 aromatic heterocycles. The molecule has 0 saturated heterocycles. The maximum Gasteiger partial charge on any atom is 0.222 e. The average Bonchev–Trinajstić information content (AvgIpc) is 2.92. The van der Waals surface area contributed by atoms with E-state index in [0.29, 0.717) is 24.1 Å². The Morgan fingerprint density at radius 1 is 1.36 bits per heavy atom. The third-order valence-corrected chi connectivity index (χ3v) is 3.90. The molecule has 0 fully saturated rings. The van der Waals surface area contributed by atoms with E-state index >= 15 is 0 Å². The lowest BCUT2D eigenvalue weighted by atomic mass is 9.99. The van der Waals surface area contributed by atoms with Crippen molar-refractivity contribution in [2.45, 2.75) is 32.3 Å².